The quantitative estimate of drug-likeness (QED) is 0.777. The van der Waals surface area contributed by atoms with E-state index in [4.69, 9.17) is 0 Å². The topological polar surface area (TPSA) is 32.3 Å². The Hall–Kier alpha value is -1.02. The maximum Gasteiger partial charge on any atom is 0.0632 e. The van der Waals surface area contributed by atoms with E-state index in [1.807, 2.05) is 13.8 Å². The van der Waals surface area contributed by atoms with Gasteiger partial charge >= 0.3 is 0 Å². The van der Waals surface area contributed by atoms with Gasteiger partial charge in [0.1, 0.15) is 0 Å². The van der Waals surface area contributed by atoms with Crippen LogP contribution in [0.1, 0.15) is 37.8 Å². The average Bonchev–Trinajstić information content (AvgIpc) is 2.47. The molecule has 0 aromatic heterocycles. The van der Waals surface area contributed by atoms with E-state index in [2.05, 4.69) is 30.4 Å². The summed E-state index contributed by atoms with van der Waals surface area (Å²) in [5, 5.41) is 13.3. The van der Waals surface area contributed by atoms with Gasteiger partial charge in [0.15, 0.2) is 0 Å². The predicted molar refractivity (Wildman–Crippen MR) is 63.3 cm³/mol. The van der Waals surface area contributed by atoms with Gasteiger partial charge in [0.25, 0.3) is 0 Å². The third kappa shape index (κ3) is 2.15. The molecule has 2 rings (SSSR count). The molecule has 2 N–H and O–H groups in total. The van der Waals surface area contributed by atoms with Gasteiger partial charge in [-0.1, -0.05) is 25.1 Å². The molecule has 0 spiro atoms. The van der Waals surface area contributed by atoms with E-state index < -0.39 is 5.60 Å². The third-order valence-corrected chi connectivity index (χ3v) is 2.92. The first kappa shape index (κ1) is 10.5. The molecule has 0 bridgehead atoms. The lowest BCUT2D eigenvalue weighted by Gasteiger charge is -2.19. The normalized spacial score (nSPS) is 19.9. The Labute approximate surface area is 91.3 Å². The van der Waals surface area contributed by atoms with Crippen LogP contribution < -0.4 is 5.32 Å². The minimum Gasteiger partial charge on any atom is -0.390 e. The van der Waals surface area contributed by atoms with Gasteiger partial charge in [-0.15, -0.1) is 0 Å². The summed E-state index contributed by atoms with van der Waals surface area (Å²) >= 11 is 0. The third-order valence-electron chi connectivity index (χ3n) is 2.92. The van der Waals surface area contributed by atoms with Crippen molar-refractivity contribution in [3.05, 3.63) is 29.3 Å². The van der Waals surface area contributed by atoms with Crippen molar-refractivity contribution >= 4 is 5.69 Å². The Bertz CT molecular complexity index is 365. The molecule has 1 atom stereocenters. The van der Waals surface area contributed by atoms with Crippen molar-refractivity contribution in [2.75, 3.05) is 11.9 Å². The van der Waals surface area contributed by atoms with E-state index in [-0.39, 0.29) is 0 Å². The number of hydrogen-bond donors (Lipinski definition) is 2. The van der Waals surface area contributed by atoms with Gasteiger partial charge < -0.3 is 10.4 Å². The molecule has 1 aromatic rings. The van der Waals surface area contributed by atoms with Crippen LogP contribution in [0.5, 0.6) is 0 Å². The van der Waals surface area contributed by atoms with Crippen molar-refractivity contribution in [2.24, 2.45) is 0 Å². The van der Waals surface area contributed by atoms with E-state index in [1.165, 1.54) is 16.8 Å². The molecule has 82 valence electrons. The monoisotopic (exact) mass is 205 g/mol. The van der Waals surface area contributed by atoms with Crippen molar-refractivity contribution in [2.45, 2.75) is 38.7 Å². The van der Waals surface area contributed by atoms with Crippen molar-refractivity contribution in [1.29, 1.82) is 0 Å². The predicted octanol–water partition coefficient (Wildman–Crippen LogP) is 2.53. The van der Waals surface area contributed by atoms with E-state index in [1.54, 1.807) is 0 Å². The highest BCUT2D eigenvalue weighted by molar-refractivity contribution is 5.63. The van der Waals surface area contributed by atoms with E-state index in [9.17, 15) is 5.11 Å². The molecule has 2 heteroatoms. The Balaban J connectivity index is 2.34. The second-order valence-corrected chi connectivity index (χ2v) is 5.15. The fourth-order valence-electron chi connectivity index (χ4n) is 2.22. The molecule has 0 fully saturated rings. The highest BCUT2D eigenvalue weighted by Crippen LogP contribution is 2.35. The molecule has 15 heavy (non-hydrogen) atoms. The van der Waals surface area contributed by atoms with Crippen LogP contribution in [0, 0.1) is 0 Å². The zero-order valence-electron chi connectivity index (χ0n) is 9.67. The minimum absolute atomic E-state index is 0.585. The molecule has 2 nitrogen and oxygen atoms in total. The maximum atomic E-state index is 9.84. The maximum absolute atomic E-state index is 9.84. The first-order chi connectivity index (χ1) is 6.97. The Morgan fingerprint density at radius 2 is 2.20 bits per heavy atom. The van der Waals surface area contributed by atoms with Crippen LogP contribution in [0.4, 0.5) is 5.69 Å². The fourth-order valence-corrected chi connectivity index (χ4v) is 2.22. The standard InChI is InChI=1S/C13H19NO/c1-9-8-14-12-10(7-13(2,3)15)5-4-6-11(9)12/h4-6,9,14-15H,7-8H2,1-3H3. The Morgan fingerprint density at radius 1 is 1.47 bits per heavy atom. The smallest absolute Gasteiger partial charge is 0.0632 e. The van der Waals surface area contributed by atoms with Gasteiger partial charge in [-0.05, 0) is 25.0 Å². The molecule has 1 aromatic carbocycles. The highest BCUT2D eigenvalue weighted by Gasteiger charge is 2.23. The number of aliphatic hydroxyl groups is 1. The largest absolute Gasteiger partial charge is 0.390 e. The van der Waals surface area contributed by atoms with E-state index >= 15 is 0 Å². The van der Waals surface area contributed by atoms with Gasteiger partial charge in [-0.3, -0.25) is 0 Å². The van der Waals surface area contributed by atoms with Gasteiger partial charge in [0.2, 0.25) is 0 Å². The number of fused-ring (bicyclic) bond motifs is 1. The molecular weight excluding hydrogens is 186 g/mol. The number of anilines is 1. The van der Waals surface area contributed by atoms with Crippen molar-refractivity contribution in [3.8, 4) is 0 Å². The summed E-state index contributed by atoms with van der Waals surface area (Å²) in [7, 11) is 0. The summed E-state index contributed by atoms with van der Waals surface area (Å²) in [6.07, 6.45) is 0.704. The first-order valence-corrected chi connectivity index (χ1v) is 5.55. The minimum atomic E-state index is -0.636. The molecular formula is C13H19NO. The molecule has 0 amide bonds. The van der Waals surface area contributed by atoms with Crippen molar-refractivity contribution < 1.29 is 5.11 Å². The summed E-state index contributed by atoms with van der Waals surface area (Å²) in [5.41, 5.74) is 3.22. The molecule has 0 radical (unpaired) electrons. The lowest BCUT2D eigenvalue weighted by atomic mass is 9.94. The fraction of sp³-hybridized carbons (Fsp3) is 0.538. The first-order valence-electron chi connectivity index (χ1n) is 5.55. The second-order valence-electron chi connectivity index (χ2n) is 5.15. The summed E-state index contributed by atoms with van der Waals surface area (Å²) < 4.78 is 0. The Kier molecular flexibility index (Phi) is 2.47. The molecule has 1 unspecified atom stereocenters. The van der Waals surface area contributed by atoms with Crippen LogP contribution >= 0.6 is 0 Å². The molecule has 0 aliphatic carbocycles. The van der Waals surface area contributed by atoms with Crippen molar-refractivity contribution in [1.82, 2.24) is 0 Å². The summed E-state index contributed by atoms with van der Waals surface area (Å²) in [6, 6.07) is 6.36. The zero-order chi connectivity index (χ0) is 11.1. The van der Waals surface area contributed by atoms with Crippen LogP contribution in [0.2, 0.25) is 0 Å². The highest BCUT2D eigenvalue weighted by atomic mass is 16.3. The summed E-state index contributed by atoms with van der Waals surface area (Å²) in [6.45, 7) is 6.94. The van der Waals surface area contributed by atoms with Crippen LogP contribution in [-0.2, 0) is 6.42 Å². The van der Waals surface area contributed by atoms with Gasteiger partial charge in [-0.2, -0.15) is 0 Å². The lowest BCUT2D eigenvalue weighted by Crippen LogP contribution is -2.22. The van der Waals surface area contributed by atoms with E-state index in [0.29, 0.717) is 12.3 Å². The van der Waals surface area contributed by atoms with E-state index in [0.717, 1.165) is 6.54 Å². The van der Waals surface area contributed by atoms with Crippen LogP contribution in [0.3, 0.4) is 0 Å². The van der Waals surface area contributed by atoms with Gasteiger partial charge in [0, 0.05) is 24.6 Å². The molecule has 1 aliphatic rings. The van der Waals surface area contributed by atoms with Crippen LogP contribution in [-0.4, -0.2) is 17.3 Å². The lowest BCUT2D eigenvalue weighted by molar-refractivity contribution is 0.0811. The Morgan fingerprint density at radius 3 is 2.87 bits per heavy atom. The summed E-state index contributed by atoms with van der Waals surface area (Å²) in [5.74, 6) is 0.585. The molecule has 0 saturated carbocycles. The van der Waals surface area contributed by atoms with Gasteiger partial charge in [0.05, 0.1) is 5.60 Å². The van der Waals surface area contributed by atoms with Crippen LogP contribution in [0.25, 0.3) is 0 Å². The number of nitrogens with one attached hydrogen (secondary N) is 1. The molecule has 1 aliphatic heterocycles. The number of rotatable bonds is 2. The SMILES string of the molecule is CC1CNc2c(CC(C)(C)O)cccc21. The molecule has 0 saturated heterocycles. The number of hydrogen-bond acceptors (Lipinski definition) is 2. The zero-order valence-corrected chi connectivity index (χ0v) is 9.67. The van der Waals surface area contributed by atoms with Crippen molar-refractivity contribution in [3.63, 3.8) is 0 Å². The second kappa shape index (κ2) is 3.53. The average molecular weight is 205 g/mol. The number of benzene rings is 1. The number of para-hydroxylation sites is 1. The summed E-state index contributed by atoms with van der Waals surface area (Å²) in [4.78, 5) is 0. The molecule has 1 heterocycles. The van der Waals surface area contributed by atoms with Crippen LogP contribution in [0.15, 0.2) is 18.2 Å². The van der Waals surface area contributed by atoms with Gasteiger partial charge in [-0.25, -0.2) is 0 Å².